The second kappa shape index (κ2) is 6.18. The smallest absolute Gasteiger partial charge is 0.337 e. The van der Waals surface area contributed by atoms with Gasteiger partial charge in [-0.15, -0.1) is 0 Å². The molecule has 1 aromatic carbocycles. The number of amides is 1. The van der Waals surface area contributed by atoms with Gasteiger partial charge in [-0.3, -0.25) is 9.78 Å². The highest BCUT2D eigenvalue weighted by Crippen LogP contribution is 2.26. The molecule has 23 heavy (non-hydrogen) atoms. The van der Waals surface area contributed by atoms with E-state index in [1.165, 1.54) is 12.3 Å². The number of carboxylic acids is 1. The first-order valence-corrected chi connectivity index (χ1v) is 7.66. The fourth-order valence-corrected chi connectivity index (χ4v) is 3.17. The highest BCUT2D eigenvalue weighted by molar-refractivity contribution is 6.36. The van der Waals surface area contributed by atoms with Crippen LogP contribution in [-0.2, 0) is 13.0 Å². The van der Waals surface area contributed by atoms with Crippen LogP contribution in [0.2, 0.25) is 10.0 Å². The molecule has 1 aliphatic rings. The molecule has 1 N–H and O–H groups in total. The Hall–Kier alpha value is -2.11. The van der Waals surface area contributed by atoms with Gasteiger partial charge in [0.15, 0.2) is 0 Å². The summed E-state index contributed by atoms with van der Waals surface area (Å²) in [6.45, 7) is 0.732. The van der Waals surface area contributed by atoms with E-state index in [2.05, 4.69) is 4.98 Å². The molecular weight excluding hydrogens is 339 g/mol. The second-order valence-electron chi connectivity index (χ2n) is 5.23. The van der Waals surface area contributed by atoms with Crippen LogP contribution in [0.4, 0.5) is 0 Å². The van der Waals surface area contributed by atoms with E-state index in [0.29, 0.717) is 35.1 Å². The van der Waals surface area contributed by atoms with Crippen LogP contribution < -0.4 is 0 Å². The maximum atomic E-state index is 12.6. The topological polar surface area (TPSA) is 70.5 Å². The van der Waals surface area contributed by atoms with Gasteiger partial charge in [0.05, 0.1) is 16.1 Å². The lowest BCUT2D eigenvalue weighted by Gasteiger charge is -2.29. The SMILES string of the molecule is O=C(O)c1cncc2c1CCN(C(=O)c1ccc(Cl)cc1Cl)C2. The number of hydrogen-bond acceptors (Lipinski definition) is 3. The fourth-order valence-electron chi connectivity index (χ4n) is 2.68. The average Bonchev–Trinajstić information content (AvgIpc) is 2.53. The number of pyridine rings is 1. The summed E-state index contributed by atoms with van der Waals surface area (Å²) >= 11 is 11.9. The van der Waals surface area contributed by atoms with Crippen LogP contribution in [0, 0.1) is 0 Å². The molecule has 118 valence electrons. The van der Waals surface area contributed by atoms with Gasteiger partial charge in [-0.25, -0.2) is 4.79 Å². The molecule has 0 unspecified atom stereocenters. The molecule has 0 saturated carbocycles. The molecule has 0 spiro atoms. The highest BCUT2D eigenvalue weighted by Gasteiger charge is 2.26. The number of carbonyl (C=O) groups is 2. The number of aromatic nitrogens is 1. The lowest BCUT2D eigenvalue weighted by atomic mass is 9.96. The molecule has 7 heteroatoms. The van der Waals surface area contributed by atoms with Gasteiger partial charge in [0.2, 0.25) is 0 Å². The summed E-state index contributed by atoms with van der Waals surface area (Å²) in [4.78, 5) is 29.4. The quantitative estimate of drug-likeness (QED) is 0.901. The van der Waals surface area contributed by atoms with Crippen LogP contribution >= 0.6 is 23.2 Å². The summed E-state index contributed by atoms with van der Waals surface area (Å²) in [6, 6.07) is 4.73. The molecule has 3 rings (SSSR count). The summed E-state index contributed by atoms with van der Waals surface area (Å²) in [7, 11) is 0. The van der Waals surface area contributed by atoms with Gasteiger partial charge in [-0.05, 0) is 35.7 Å². The fraction of sp³-hybridized carbons (Fsp3) is 0.188. The molecule has 0 fully saturated rings. The standard InChI is InChI=1S/C16H12Cl2N2O3/c17-10-1-2-12(14(18)5-10)15(21)20-4-3-11-9(8-20)6-19-7-13(11)16(22)23/h1-2,5-7H,3-4,8H2,(H,22,23). The van der Waals surface area contributed by atoms with Gasteiger partial charge in [0, 0.05) is 30.5 Å². The number of halogens is 2. The number of aromatic carboxylic acids is 1. The number of carboxylic acid groups (broad SMARTS) is 1. The minimum Gasteiger partial charge on any atom is -0.478 e. The molecule has 0 bridgehead atoms. The number of fused-ring (bicyclic) bond motifs is 1. The summed E-state index contributed by atoms with van der Waals surface area (Å²) in [5, 5.41) is 9.97. The zero-order chi connectivity index (χ0) is 16.6. The van der Waals surface area contributed by atoms with Crippen LogP contribution in [0.5, 0.6) is 0 Å². The number of rotatable bonds is 2. The first kappa shape index (κ1) is 15.8. The molecule has 0 saturated heterocycles. The van der Waals surface area contributed by atoms with E-state index >= 15 is 0 Å². The van der Waals surface area contributed by atoms with E-state index in [1.807, 2.05) is 0 Å². The van der Waals surface area contributed by atoms with E-state index in [-0.39, 0.29) is 11.5 Å². The van der Waals surface area contributed by atoms with Crippen LogP contribution in [0.25, 0.3) is 0 Å². The summed E-state index contributed by atoms with van der Waals surface area (Å²) in [6.07, 6.45) is 3.41. The molecule has 0 radical (unpaired) electrons. The van der Waals surface area contributed by atoms with Crippen molar-refractivity contribution in [3.05, 3.63) is 62.9 Å². The van der Waals surface area contributed by atoms with Crippen LogP contribution in [0.15, 0.2) is 30.6 Å². The lowest BCUT2D eigenvalue weighted by molar-refractivity contribution is 0.0693. The van der Waals surface area contributed by atoms with E-state index in [0.717, 1.165) is 11.1 Å². The average molecular weight is 351 g/mol. The molecular formula is C16H12Cl2N2O3. The molecule has 2 aromatic rings. The largest absolute Gasteiger partial charge is 0.478 e. The Morgan fingerprint density at radius 2 is 1.96 bits per heavy atom. The van der Waals surface area contributed by atoms with Crippen LogP contribution in [0.1, 0.15) is 31.8 Å². The lowest BCUT2D eigenvalue weighted by Crippen LogP contribution is -2.36. The van der Waals surface area contributed by atoms with E-state index < -0.39 is 5.97 Å². The third-order valence-electron chi connectivity index (χ3n) is 3.82. The summed E-state index contributed by atoms with van der Waals surface area (Å²) in [5.74, 6) is -1.21. The zero-order valence-electron chi connectivity index (χ0n) is 11.9. The minimum absolute atomic E-state index is 0.194. The molecule has 1 aromatic heterocycles. The first-order chi connectivity index (χ1) is 11.0. The Morgan fingerprint density at radius 3 is 2.65 bits per heavy atom. The second-order valence-corrected chi connectivity index (χ2v) is 6.07. The van der Waals surface area contributed by atoms with Gasteiger partial charge < -0.3 is 10.0 Å². The highest BCUT2D eigenvalue weighted by atomic mass is 35.5. The predicted molar refractivity (Wildman–Crippen MR) is 86.1 cm³/mol. The Morgan fingerprint density at radius 1 is 1.17 bits per heavy atom. The molecule has 1 aliphatic heterocycles. The third-order valence-corrected chi connectivity index (χ3v) is 4.37. The number of nitrogens with zero attached hydrogens (tertiary/aromatic N) is 2. The Balaban J connectivity index is 1.89. The first-order valence-electron chi connectivity index (χ1n) is 6.90. The van der Waals surface area contributed by atoms with Crippen molar-refractivity contribution >= 4 is 35.1 Å². The van der Waals surface area contributed by atoms with Crippen molar-refractivity contribution < 1.29 is 14.7 Å². The molecule has 1 amide bonds. The van der Waals surface area contributed by atoms with Gasteiger partial charge in [0.25, 0.3) is 5.91 Å². The molecule has 2 heterocycles. The predicted octanol–water partition coefficient (Wildman–Crippen LogP) is 3.29. The van der Waals surface area contributed by atoms with Crippen molar-refractivity contribution in [2.24, 2.45) is 0 Å². The van der Waals surface area contributed by atoms with E-state index in [9.17, 15) is 14.7 Å². The van der Waals surface area contributed by atoms with Crippen molar-refractivity contribution in [1.82, 2.24) is 9.88 Å². The Labute approximate surface area is 142 Å². The maximum absolute atomic E-state index is 12.6. The van der Waals surface area contributed by atoms with E-state index in [1.54, 1.807) is 23.2 Å². The van der Waals surface area contributed by atoms with Crippen molar-refractivity contribution in [2.45, 2.75) is 13.0 Å². The molecule has 0 aliphatic carbocycles. The van der Waals surface area contributed by atoms with Crippen molar-refractivity contribution in [2.75, 3.05) is 6.54 Å². The third kappa shape index (κ3) is 3.02. The van der Waals surface area contributed by atoms with E-state index in [4.69, 9.17) is 23.2 Å². The van der Waals surface area contributed by atoms with Gasteiger partial charge in [-0.1, -0.05) is 23.2 Å². The Kier molecular flexibility index (Phi) is 4.24. The maximum Gasteiger partial charge on any atom is 0.337 e. The van der Waals surface area contributed by atoms with Crippen LogP contribution in [0.3, 0.4) is 0 Å². The monoisotopic (exact) mass is 350 g/mol. The van der Waals surface area contributed by atoms with Crippen LogP contribution in [-0.4, -0.2) is 33.4 Å². The number of carbonyl (C=O) groups excluding carboxylic acids is 1. The van der Waals surface area contributed by atoms with Crippen molar-refractivity contribution in [1.29, 1.82) is 0 Å². The molecule has 0 atom stereocenters. The van der Waals surface area contributed by atoms with Gasteiger partial charge in [0.1, 0.15) is 0 Å². The summed E-state index contributed by atoms with van der Waals surface area (Å²) in [5.41, 5.74) is 2.05. The minimum atomic E-state index is -1.00. The van der Waals surface area contributed by atoms with Gasteiger partial charge >= 0.3 is 5.97 Å². The molecule has 5 nitrogen and oxygen atoms in total. The number of hydrogen-bond donors (Lipinski definition) is 1. The van der Waals surface area contributed by atoms with Crippen molar-refractivity contribution in [3.8, 4) is 0 Å². The van der Waals surface area contributed by atoms with Crippen molar-refractivity contribution in [3.63, 3.8) is 0 Å². The zero-order valence-corrected chi connectivity index (χ0v) is 13.4. The Bertz CT molecular complexity index is 808. The normalized spacial score (nSPS) is 13.6. The van der Waals surface area contributed by atoms with Gasteiger partial charge in [-0.2, -0.15) is 0 Å². The number of benzene rings is 1. The summed E-state index contributed by atoms with van der Waals surface area (Å²) < 4.78 is 0.